The molecule has 1 atom stereocenters. The highest BCUT2D eigenvalue weighted by Gasteiger charge is 2.18. The Kier molecular flexibility index (Phi) is 5.25. The van der Waals surface area contributed by atoms with E-state index in [1.54, 1.807) is 0 Å². The quantitative estimate of drug-likeness (QED) is 0.529. The van der Waals surface area contributed by atoms with E-state index in [4.69, 9.17) is 5.11 Å². The number of hydrogen-bond donors (Lipinski definition) is 3. The third-order valence-electron chi connectivity index (χ3n) is 2.65. The Labute approximate surface area is 110 Å². The summed E-state index contributed by atoms with van der Waals surface area (Å²) >= 11 is 0. The zero-order valence-electron chi connectivity index (χ0n) is 10.8. The van der Waals surface area contributed by atoms with E-state index in [1.807, 2.05) is 6.92 Å². The third kappa shape index (κ3) is 3.92. The lowest BCUT2D eigenvalue weighted by atomic mass is 10.1. The summed E-state index contributed by atoms with van der Waals surface area (Å²) in [5.41, 5.74) is 0.402. The average molecular weight is 267 g/mol. The summed E-state index contributed by atoms with van der Waals surface area (Å²) in [5.74, 6) is -0.377. The summed E-state index contributed by atoms with van der Waals surface area (Å²) in [6, 6.07) is 4.14. The van der Waals surface area contributed by atoms with Gasteiger partial charge in [-0.25, -0.2) is 0 Å². The second kappa shape index (κ2) is 6.69. The summed E-state index contributed by atoms with van der Waals surface area (Å²) in [5, 5.41) is 25.2. The predicted molar refractivity (Wildman–Crippen MR) is 71.3 cm³/mol. The molecule has 0 bridgehead atoms. The topological polar surface area (TPSA) is 104 Å². The van der Waals surface area contributed by atoms with Gasteiger partial charge in [-0.05, 0) is 25.5 Å². The van der Waals surface area contributed by atoms with Crippen LogP contribution in [0, 0.1) is 10.1 Å². The molecule has 1 aromatic rings. The van der Waals surface area contributed by atoms with Crippen LogP contribution in [0.15, 0.2) is 18.2 Å². The first-order valence-electron chi connectivity index (χ1n) is 5.87. The van der Waals surface area contributed by atoms with Gasteiger partial charge < -0.3 is 15.7 Å². The lowest BCUT2D eigenvalue weighted by Gasteiger charge is -2.14. The normalized spacial score (nSPS) is 11.7. The Bertz CT molecular complexity index is 476. The van der Waals surface area contributed by atoms with Gasteiger partial charge in [-0.15, -0.1) is 0 Å². The van der Waals surface area contributed by atoms with Gasteiger partial charge >= 0.3 is 0 Å². The Balaban J connectivity index is 3.05. The van der Waals surface area contributed by atoms with Gasteiger partial charge in [0.25, 0.3) is 11.6 Å². The number of nitro groups is 1. The minimum absolute atomic E-state index is 0.00170. The summed E-state index contributed by atoms with van der Waals surface area (Å²) in [4.78, 5) is 21.9. The summed E-state index contributed by atoms with van der Waals surface area (Å²) in [6.07, 6.45) is 0.481. The minimum Gasteiger partial charge on any atom is -0.396 e. The average Bonchev–Trinajstić information content (AvgIpc) is 2.38. The SMILES string of the molecule is CNC(=O)c1ccc(NC(C)CCO)c([N+](=O)[O-])c1. The van der Waals surface area contributed by atoms with Crippen molar-refractivity contribution < 1.29 is 14.8 Å². The van der Waals surface area contributed by atoms with Crippen LogP contribution < -0.4 is 10.6 Å². The van der Waals surface area contributed by atoms with Crippen molar-refractivity contribution in [2.45, 2.75) is 19.4 Å². The highest BCUT2D eigenvalue weighted by atomic mass is 16.6. The molecule has 1 aromatic carbocycles. The number of aliphatic hydroxyl groups excluding tert-OH is 1. The van der Waals surface area contributed by atoms with Crippen LogP contribution in [-0.4, -0.2) is 35.6 Å². The van der Waals surface area contributed by atoms with Crippen LogP contribution in [0.25, 0.3) is 0 Å². The zero-order valence-corrected chi connectivity index (χ0v) is 10.8. The lowest BCUT2D eigenvalue weighted by molar-refractivity contribution is -0.384. The summed E-state index contributed by atoms with van der Waals surface area (Å²) in [6.45, 7) is 1.81. The molecule has 7 heteroatoms. The molecule has 0 heterocycles. The highest BCUT2D eigenvalue weighted by molar-refractivity contribution is 5.95. The Morgan fingerprint density at radius 2 is 2.21 bits per heavy atom. The van der Waals surface area contributed by atoms with Crippen molar-refractivity contribution in [1.82, 2.24) is 5.32 Å². The Morgan fingerprint density at radius 1 is 1.53 bits per heavy atom. The number of hydrogen-bond acceptors (Lipinski definition) is 5. The van der Waals surface area contributed by atoms with Crippen LogP contribution >= 0.6 is 0 Å². The monoisotopic (exact) mass is 267 g/mol. The van der Waals surface area contributed by atoms with Crippen molar-refractivity contribution in [3.63, 3.8) is 0 Å². The van der Waals surface area contributed by atoms with E-state index in [1.165, 1.54) is 25.2 Å². The van der Waals surface area contributed by atoms with E-state index in [-0.39, 0.29) is 29.8 Å². The molecular formula is C12H17N3O4. The Hall–Kier alpha value is -2.15. The van der Waals surface area contributed by atoms with Crippen LogP contribution in [0.3, 0.4) is 0 Å². The number of nitrogens with one attached hydrogen (secondary N) is 2. The van der Waals surface area contributed by atoms with Crippen LogP contribution in [0.2, 0.25) is 0 Å². The second-order valence-electron chi connectivity index (χ2n) is 4.13. The van der Waals surface area contributed by atoms with Gasteiger partial charge in [0.15, 0.2) is 0 Å². The fourth-order valence-corrected chi connectivity index (χ4v) is 1.62. The van der Waals surface area contributed by atoms with Crippen molar-refractivity contribution >= 4 is 17.3 Å². The molecular weight excluding hydrogens is 250 g/mol. The van der Waals surface area contributed by atoms with E-state index in [0.717, 1.165) is 0 Å². The largest absolute Gasteiger partial charge is 0.396 e. The van der Waals surface area contributed by atoms with E-state index < -0.39 is 4.92 Å². The predicted octanol–water partition coefficient (Wildman–Crippen LogP) is 1.14. The van der Waals surface area contributed by atoms with Gasteiger partial charge in [-0.1, -0.05) is 0 Å². The number of amides is 1. The maximum atomic E-state index is 11.4. The van der Waals surface area contributed by atoms with Crippen LogP contribution in [-0.2, 0) is 0 Å². The molecule has 0 radical (unpaired) electrons. The maximum absolute atomic E-state index is 11.4. The van der Waals surface area contributed by atoms with Crippen molar-refractivity contribution in [1.29, 1.82) is 0 Å². The molecule has 0 spiro atoms. The van der Waals surface area contributed by atoms with Crippen LogP contribution in [0.5, 0.6) is 0 Å². The molecule has 19 heavy (non-hydrogen) atoms. The molecule has 0 aliphatic heterocycles. The van der Waals surface area contributed by atoms with Gasteiger partial charge in [0.2, 0.25) is 0 Å². The van der Waals surface area contributed by atoms with Crippen molar-refractivity contribution in [2.24, 2.45) is 0 Å². The molecule has 1 rings (SSSR count). The highest BCUT2D eigenvalue weighted by Crippen LogP contribution is 2.26. The van der Waals surface area contributed by atoms with Crippen LogP contribution in [0.4, 0.5) is 11.4 Å². The molecule has 1 unspecified atom stereocenters. The van der Waals surface area contributed by atoms with Gasteiger partial charge in [0, 0.05) is 31.3 Å². The first kappa shape index (κ1) is 14.9. The molecule has 0 aliphatic carbocycles. The number of nitrogens with zero attached hydrogens (tertiary/aromatic N) is 1. The molecule has 3 N–H and O–H groups in total. The van der Waals surface area contributed by atoms with Crippen molar-refractivity contribution in [3.8, 4) is 0 Å². The maximum Gasteiger partial charge on any atom is 0.293 e. The van der Waals surface area contributed by atoms with Gasteiger partial charge in [-0.3, -0.25) is 14.9 Å². The standard InChI is InChI=1S/C12H17N3O4/c1-8(5-6-16)14-10-4-3-9(12(17)13-2)7-11(10)15(18)19/h3-4,7-8,14,16H,5-6H2,1-2H3,(H,13,17). The third-order valence-corrected chi connectivity index (χ3v) is 2.65. The molecule has 0 aliphatic rings. The number of aliphatic hydroxyl groups is 1. The summed E-state index contributed by atoms with van der Waals surface area (Å²) < 4.78 is 0. The smallest absolute Gasteiger partial charge is 0.293 e. The molecule has 1 amide bonds. The minimum atomic E-state index is -0.541. The van der Waals surface area contributed by atoms with Crippen molar-refractivity contribution in [2.75, 3.05) is 19.0 Å². The van der Waals surface area contributed by atoms with Crippen molar-refractivity contribution in [3.05, 3.63) is 33.9 Å². The van der Waals surface area contributed by atoms with E-state index in [2.05, 4.69) is 10.6 Å². The molecule has 104 valence electrons. The summed E-state index contributed by atoms with van der Waals surface area (Å²) in [7, 11) is 1.46. The van der Waals surface area contributed by atoms with E-state index in [9.17, 15) is 14.9 Å². The van der Waals surface area contributed by atoms with Gasteiger partial charge in [0.1, 0.15) is 5.69 Å². The van der Waals surface area contributed by atoms with Crippen LogP contribution in [0.1, 0.15) is 23.7 Å². The fraction of sp³-hybridized carbons (Fsp3) is 0.417. The molecule has 0 saturated heterocycles. The van der Waals surface area contributed by atoms with E-state index >= 15 is 0 Å². The number of nitro benzene ring substituents is 1. The molecule has 7 nitrogen and oxygen atoms in total. The first-order valence-corrected chi connectivity index (χ1v) is 5.87. The first-order chi connectivity index (χ1) is 8.99. The number of benzene rings is 1. The lowest BCUT2D eigenvalue weighted by Crippen LogP contribution is -2.19. The van der Waals surface area contributed by atoms with E-state index in [0.29, 0.717) is 12.1 Å². The number of carbonyl (C=O) groups excluding carboxylic acids is 1. The number of anilines is 1. The molecule has 0 aromatic heterocycles. The Morgan fingerprint density at radius 3 is 2.74 bits per heavy atom. The molecule has 0 fully saturated rings. The number of carbonyl (C=O) groups is 1. The fourth-order valence-electron chi connectivity index (χ4n) is 1.62. The number of rotatable bonds is 6. The molecule has 0 saturated carbocycles. The zero-order chi connectivity index (χ0) is 14.4. The second-order valence-corrected chi connectivity index (χ2v) is 4.13. The van der Waals surface area contributed by atoms with Gasteiger partial charge in [0.05, 0.1) is 4.92 Å². The van der Waals surface area contributed by atoms with Gasteiger partial charge in [-0.2, -0.15) is 0 Å².